The summed E-state index contributed by atoms with van der Waals surface area (Å²) in [6.07, 6.45) is 2.10. The van der Waals surface area contributed by atoms with E-state index in [2.05, 4.69) is 0 Å². The second-order valence-corrected chi connectivity index (χ2v) is 6.97. The minimum Gasteiger partial charge on any atom is -0.383 e. The van der Waals surface area contributed by atoms with Gasteiger partial charge in [0.15, 0.2) is 3.95 Å². The number of nitrogens with two attached hydrogens (primary N) is 1. The van der Waals surface area contributed by atoms with E-state index in [-0.39, 0.29) is 5.91 Å². The lowest BCUT2D eigenvalue weighted by Gasteiger charge is -2.14. The zero-order chi connectivity index (χ0) is 15.0. The number of carbonyl (C=O) groups excluding carboxylic acids is 1. The standard InChI is InChI=1S/C14H14ClN3OS2/c15-9-3-5-10(6-4-9)18-12(16)11(21-14(18)20)13(19)17-7-1-2-8-17/h3-6H,1-2,7-8,16H2. The van der Waals surface area contributed by atoms with E-state index in [1.165, 1.54) is 11.3 Å². The molecule has 110 valence electrons. The molecule has 1 aromatic carbocycles. The Morgan fingerprint density at radius 2 is 1.86 bits per heavy atom. The smallest absolute Gasteiger partial charge is 0.267 e. The number of hydrogen-bond acceptors (Lipinski definition) is 4. The van der Waals surface area contributed by atoms with Gasteiger partial charge in [0.2, 0.25) is 0 Å². The maximum Gasteiger partial charge on any atom is 0.267 e. The van der Waals surface area contributed by atoms with E-state index in [9.17, 15) is 4.79 Å². The number of anilines is 1. The number of aromatic nitrogens is 1. The number of nitrogen functional groups attached to an aromatic ring is 1. The molecule has 0 saturated carbocycles. The molecule has 2 aromatic rings. The number of amides is 1. The lowest BCUT2D eigenvalue weighted by molar-refractivity contribution is 0.0798. The molecule has 1 aromatic heterocycles. The summed E-state index contributed by atoms with van der Waals surface area (Å²) in [6, 6.07) is 7.23. The molecule has 2 N–H and O–H groups in total. The predicted octanol–water partition coefficient (Wildman–Crippen LogP) is 3.74. The molecule has 0 spiro atoms. The number of hydrogen-bond donors (Lipinski definition) is 1. The second kappa shape index (κ2) is 5.79. The first-order valence-corrected chi connectivity index (χ1v) is 8.25. The number of halogens is 1. The van der Waals surface area contributed by atoms with Gasteiger partial charge in [0.25, 0.3) is 5.91 Å². The second-order valence-electron chi connectivity index (χ2n) is 4.89. The largest absolute Gasteiger partial charge is 0.383 e. The van der Waals surface area contributed by atoms with Gasteiger partial charge in [-0.05, 0) is 49.3 Å². The molecule has 7 heteroatoms. The highest BCUT2D eigenvalue weighted by atomic mass is 35.5. The molecule has 1 amide bonds. The number of likely N-dealkylation sites (tertiary alicyclic amines) is 1. The van der Waals surface area contributed by atoms with Crippen molar-refractivity contribution in [1.29, 1.82) is 0 Å². The highest BCUT2D eigenvalue weighted by molar-refractivity contribution is 7.73. The number of carbonyl (C=O) groups is 1. The van der Waals surface area contributed by atoms with E-state index in [1.807, 2.05) is 17.0 Å². The number of nitrogens with zero attached hydrogens (tertiary/aromatic N) is 2. The molecule has 1 aliphatic rings. The molecule has 0 radical (unpaired) electrons. The van der Waals surface area contributed by atoms with Gasteiger partial charge in [0, 0.05) is 23.8 Å². The summed E-state index contributed by atoms with van der Waals surface area (Å²) in [5.41, 5.74) is 6.99. The third kappa shape index (κ3) is 2.71. The van der Waals surface area contributed by atoms with Crippen LogP contribution in [-0.4, -0.2) is 28.5 Å². The Kier molecular flexibility index (Phi) is 4.01. The van der Waals surface area contributed by atoms with Gasteiger partial charge in [-0.25, -0.2) is 0 Å². The first-order chi connectivity index (χ1) is 10.1. The highest BCUT2D eigenvalue weighted by Crippen LogP contribution is 2.28. The molecule has 1 saturated heterocycles. The quantitative estimate of drug-likeness (QED) is 0.848. The monoisotopic (exact) mass is 339 g/mol. The van der Waals surface area contributed by atoms with Crippen molar-refractivity contribution < 1.29 is 4.79 Å². The van der Waals surface area contributed by atoms with Crippen molar-refractivity contribution in [3.8, 4) is 5.69 Å². The Morgan fingerprint density at radius 3 is 2.48 bits per heavy atom. The topological polar surface area (TPSA) is 51.3 Å². The normalized spacial score (nSPS) is 14.6. The van der Waals surface area contributed by atoms with E-state index in [0.29, 0.717) is 19.7 Å². The maximum absolute atomic E-state index is 12.5. The molecular formula is C14H14ClN3OS2. The first kappa shape index (κ1) is 14.6. The van der Waals surface area contributed by atoms with Crippen LogP contribution in [0.5, 0.6) is 0 Å². The first-order valence-electron chi connectivity index (χ1n) is 6.64. The number of benzene rings is 1. The fourth-order valence-corrected chi connectivity index (χ4v) is 3.90. The summed E-state index contributed by atoms with van der Waals surface area (Å²) in [7, 11) is 0. The molecule has 0 aliphatic carbocycles. The summed E-state index contributed by atoms with van der Waals surface area (Å²) >= 11 is 12.5. The van der Waals surface area contributed by atoms with Crippen molar-refractivity contribution in [2.75, 3.05) is 18.8 Å². The Balaban J connectivity index is 2.02. The van der Waals surface area contributed by atoms with Crippen LogP contribution < -0.4 is 5.73 Å². The van der Waals surface area contributed by atoms with Crippen LogP contribution in [0.1, 0.15) is 22.5 Å². The summed E-state index contributed by atoms with van der Waals surface area (Å²) in [4.78, 5) is 14.9. The van der Waals surface area contributed by atoms with E-state index in [0.717, 1.165) is 31.6 Å². The molecule has 1 fully saturated rings. The average molecular weight is 340 g/mol. The lowest BCUT2D eigenvalue weighted by atomic mass is 10.3. The van der Waals surface area contributed by atoms with Gasteiger partial charge in [0.1, 0.15) is 10.7 Å². The Hall–Kier alpha value is -1.37. The van der Waals surface area contributed by atoms with Crippen molar-refractivity contribution >= 4 is 46.9 Å². The van der Waals surface area contributed by atoms with Crippen LogP contribution in [0.25, 0.3) is 5.69 Å². The Labute approximate surface area is 136 Å². The predicted molar refractivity (Wildman–Crippen MR) is 89.0 cm³/mol. The molecule has 4 nitrogen and oxygen atoms in total. The Morgan fingerprint density at radius 1 is 1.24 bits per heavy atom. The molecule has 0 unspecified atom stereocenters. The van der Waals surface area contributed by atoms with E-state index in [1.54, 1.807) is 16.7 Å². The molecule has 0 bridgehead atoms. The van der Waals surface area contributed by atoms with Crippen molar-refractivity contribution in [1.82, 2.24) is 9.47 Å². The fraction of sp³-hybridized carbons (Fsp3) is 0.286. The number of thiazole rings is 1. The Bertz CT molecular complexity index is 730. The minimum absolute atomic E-state index is 0.0196. The van der Waals surface area contributed by atoms with Crippen molar-refractivity contribution in [2.45, 2.75) is 12.8 Å². The highest BCUT2D eigenvalue weighted by Gasteiger charge is 2.25. The molecule has 1 aliphatic heterocycles. The van der Waals surface area contributed by atoms with Gasteiger partial charge < -0.3 is 10.6 Å². The van der Waals surface area contributed by atoms with Crippen LogP contribution in [-0.2, 0) is 0 Å². The number of rotatable bonds is 2. The van der Waals surface area contributed by atoms with Crippen molar-refractivity contribution in [3.63, 3.8) is 0 Å². The maximum atomic E-state index is 12.5. The SMILES string of the molecule is Nc1c(C(=O)N2CCCC2)sc(=S)n1-c1ccc(Cl)cc1. The van der Waals surface area contributed by atoms with E-state index < -0.39 is 0 Å². The molecule has 21 heavy (non-hydrogen) atoms. The summed E-state index contributed by atoms with van der Waals surface area (Å²) in [5, 5.41) is 0.646. The van der Waals surface area contributed by atoms with Crippen LogP contribution in [0.4, 0.5) is 5.82 Å². The molecule has 2 heterocycles. The van der Waals surface area contributed by atoms with Gasteiger partial charge in [0.05, 0.1) is 0 Å². The van der Waals surface area contributed by atoms with Crippen LogP contribution in [0.15, 0.2) is 24.3 Å². The third-order valence-corrected chi connectivity index (χ3v) is 5.15. The molecule has 0 atom stereocenters. The zero-order valence-electron chi connectivity index (χ0n) is 11.2. The van der Waals surface area contributed by atoms with E-state index in [4.69, 9.17) is 29.6 Å². The fourth-order valence-electron chi connectivity index (χ4n) is 2.44. The van der Waals surface area contributed by atoms with Crippen LogP contribution in [0.3, 0.4) is 0 Å². The molecular weight excluding hydrogens is 326 g/mol. The van der Waals surface area contributed by atoms with Gasteiger partial charge >= 0.3 is 0 Å². The van der Waals surface area contributed by atoms with Gasteiger partial charge in [-0.2, -0.15) is 0 Å². The summed E-state index contributed by atoms with van der Waals surface area (Å²) in [6.45, 7) is 1.59. The van der Waals surface area contributed by atoms with Crippen LogP contribution >= 0.6 is 35.2 Å². The van der Waals surface area contributed by atoms with Gasteiger partial charge in [-0.15, -0.1) is 0 Å². The van der Waals surface area contributed by atoms with Crippen molar-refractivity contribution in [2.24, 2.45) is 0 Å². The summed E-state index contributed by atoms with van der Waals surface area (Å²) < 4.78 is 2.29. The zero-order valence-corrected chi connectivity index (χ0v) is 13.6. The average Bonchev–Trinajstić information content (AvgIpc) is 3.08. The molecule has 3 rings (SSSR count). The minimum atomic E-state index is -0.0196. The van der Waals surface area contributed by atoms with Crippen LogP contribution in [0.2, 0.25) is 5.02 Å². The van der Waals surface area contributed by atoms with E-state index >= 15 is 0 Å². The lowest BCUT2D eigenvalue weighted by Crippen LogP contribution is -2.27. The summed E-state index contributed by atoms with van der Waals surface area (Å²) in [5.74, 6) is 0.387. The van der Waals surface area contributed by atoms with Crippen molar-refractivity contribution in [3.05, 3.63) is 38.1 Å². The van der Waals surface area contributed by atoms with Gasteiger partial charge in [-0.3, -0.25) is 9.36 Å². The van der Waals surface area contributed by atoms with Crippen LogP contribution in [0, 0.1) is 3.95 Å². The third-order valence-electron chi connectivity index (χ3n) is 3.52. The van der Waals surface area contributed by atoms with Gasteiger partial charge in [-0.1, -0.05) is 22.9 Å².